The minimum absolute atomic E-state index is 0. The van der Waals surface area contributed by atoms with E-state index in [-0.39, 0.29) is 29.6 Å². The van der Waals surface area contributed by atoms with E-state index in [1.807, 2.05) is 0 Å². The summed E-state index contributed by atoms with van der Waals surface area (Å²) < 4.78 is 0. The predicted molar refractivity (Wildman–Crippen MR) is 83.3 cm³/mol. The molecule has 0 aliphatic heterocycles. The van der Waals surface area contributed by atoms with Crippen LogP contribution in [0.1, 0.15) is 71.1 Å². The van der Waals surface area contributed by atoms with Gasteiger partial charge in [-0.25, -0.2) is 4.79 Å². The summed E-state index contributed by atoms with van der Waals surface area (Å²) in [7, 11) is 0. The van der Waals surface area contributed by atoms with Gasteiger partial charge in [-0.1, -0.05) is 71.3 Å². The molecule has 0 spiro atoms. The number of carbonyl (C=O) groups is 1. The summed E-state index contributed by atoms with van der Waals surface area (Å²) in [5.74, 6) is -0.415. The molecule has 19 heavy (non-hydrogen) atoms. The Bertz CT molecular complexity index is 210. The standard InChI is InChI=1S/C15H29NO2.Na.H/c1-3-5-6-7-8-9-10-11-12-13-14-16-18-15(17)4-2;;/h4,16H,2-3,5-14H2,1H3;;. The van der Waals surface area contributed by atoms with Crippen molar-refractivity contribution in [3.05, 3.63) is 12.7 Å². The zero-order valence-electron chi connectivity index (χ0n) is 11.9. The van der Waals surface area contributed by atoms with Gasteiger partial charge in [0, 0.05) is 12.6 Å². The average Bonchev–Trinajstić information content (AvgIpc) is 2.39. The van der Waals surface area contributed by atoms with Gasteiger partial charge in [0.15, 0.2) is 0 Å². The van der Waals surface area contributed by atoms with Crippen LogP contribution in [0.5, 0.6) is 0 Å². The molecule has 1 N–H and O–H groups in total. The van der Waals surface area contributed by atoms with Crippen LogP contribution in [0, 0.1) is 0 Å². The number of unbranched alkanes of at least 4 members (excludes halogenated alkanes) is 9. The molecule has 0 atom stereocenters. The number of carbonyl (C=O) groups excluding carboxylic acids is 1. The molecule has 0 saturated heterocycles. The molecule has 0 aliphatic carbocycles. The van der Waals surface area contributed by atoms with E-state index in [4.69, 9.17) is 0 Å². The van der Waals surface area contributed by atoms with Gasteiger partial charge in [0.05, 0.1) is 0 Å². The Morgan fingerprint density at radius 3 is 1.95 bits per heavy atom. The third-order valence-corrected chi connectivity index (χ3v) is 2.97. The molecule has 0 bridgehead atoms. The van der Waals surface area contributed by atoms with Gasteiger partial charge in [-0.15, -0.1) is 0 Å². The van der Waals surface area contributed by atoms with Crippen molar-refractivity contribution < 1.29 is 9.63 Å². The second-order valence-electron chi connectivity index (χ2n) is 4.70. The van der Waals surface area contributed by atoms with Gasteiger partial charge >= 0.3 is 35.5 Å². The first-order valence-electron chi connectivity index (χ1n) is 7.37. The maximum atomic E-state index is 10.7. The second kappa shape index (κ2) is 18.2. The number of rotatable bonds is 13. The number of hydrogen-bond donors (Lipinski definition) is 1. The van der Waals surface area contributed by atoms with Gasteiger partial charge in [0.25, 0.3) is 0 Å². The molecule has 0 amide bonds. The van der Waals surface area contributed by atoms with Crippen LogP contribution in [0.15, 0.2) is 12.7 Å². The Kier molecular flexibility index (Phi) is 20.5. The van der Waals surface area contributed by atoms with Crippen molar-refractivity contribution >= 4 is 35.5 Å². The monoisotopic (exact) mass is 279 g/mol. The summed E-state index contributed by atoms with van der Waals surface area (Å²) in [6, 6.07) is 0. The minimum atomic E-state index is -0.415. The topological polar surface area (TPSA) is 38.3 Å². The van der Waals surface area contributed by atoms with E-state index in [1.54, 1.807) is 0 Å². The van der Waals surface area contributed by atoms with E-state index < -0.39 is 5.97 Å². The molecule has 0 aromatic carbocycles. The fourth-order valence-electron chi connectivity index (χ4n) is 1.85. The zero-order valence-corrected chi connectivity index (χ0v) is 11.9. The molecule has 0 heterocycles. The van der Waals surface area contributed by atoms with Crippen molar-refractivity contribution in [1.82, 2.24) is 5.48 Å². The Labute approximate surface area is 140 Å². The van der Waals surface area contributed by atoms with E-state index in [0.29, 0.717) is 0 Å². The van der Waals surface area contributed by atoms with Gasteiger partial charge in [-0.05, 0) is 6.42 Å². The van der Waals surface area contributed by atoms with Crippen LogP contribution in [0.2, 0.25) is 0 Å². The molecule has 0 saturated carbocycles. The van der Waals surface area contributed by atoms with E-state index >= 15 is 0 Å². The van der Waals surface area contributed by atoms with Crippen LogP contribution in [0.4, 0.5) is 0 Å². The van der Waals surface area contributed by atoms with Gasteiger partial charge in [0.1, 0.15) is 0 Å². The number of hydrogen-bond acceptors (Lipinski definition) is 3. The summed E-state index contributed by atoms with van der Waals surface area (Å²) in [6.07, 6.45) is 14.3. The third-order valence-electron chi connectivity index (χ3n) is 2.97. The Morgan fingerprint density at radius 1 is 1.00 bits per heavy atom. The molecule has 0 unspecified atom stereocenters. The third kappa shape index (κ3) is 18.2. The maximum absolute atomic E-state index is 10.7. The summed E-state index contributed by atoms with van der Waals surface area (Å²) >= 11 is 0. The van der Waals surface area contributed by atoms with E-state index in [1.165, 1.54) is 57.8 Å². The second-order valence-corrected chi connectivity index (χ2v) is 4.70. The van der Waals surface area contributed by atoms with Crippen molar-refractivity contribution in [3.63, 3.8) is 0 Å². The SMILES string of the molecule is C=CC(=O)ONCCCCCCCCCCCC.[NaH]. The number of nitrogens with one attached hydrogen (secondary N) is 1. The zero-order chi connectivity index (χ0) is 13.5. The Balaban J connectivity index is 0. The van der Waals surface area contributed by atoms with Crippen molar-refractivity contribution in [1.29, 1.82) is 0 Å². The van der Waals surface area contributed by atoms with Gasteiger partial charge in [-0.2, -0.15) is 5.48 Å². The van der Waals surface area contributed by atoms with E-state index in [9.17, 15) is 4.79 Å². The fourth-order valence-corrected chi connectivity index (χ4v) is 1.85. The molecule has 0 aromatic heterocycles. The van der Waals surface area contributed by atoms with Crippen LogP contribution in [-0.2, 0) is 9.63 Å². The van der Waals surface area contributed by atoms with Gasteiger partial charge in [0.2, 0.25) is 0 Å². The molecule has 0 fully saturated rings. The molecule has 3 nitrogen and oxygen atoms in total. The van der Waals surface area contributed by atoms with E-state index in [0.717, 1.165) is 19.0 Å². The first-order chi connectivity index (χ1) is 8.81. The molecular weight excluding hydrogens is 249 g/mol. The molecule has 0 rings (SSSR count). The first-order valence-corrected chi connectivity index (χ1v) is 7.37. The molecular formula is C15H30NNaO2. The summed E-state index contributed by atoms with van der Waals surface area (Å²) in [4.78, 5) is 15.4. The van der Waals surface area contributed by atoms with Crippen LogP contribution in [-0.4, -0.2) is 42.1 Å². The van der Waals surface area contributed by atoms with Crippen molar-refractivity contribution in [2.45, 2.75) is 71.1 Å². The molecule has 0 aliphatic rings. The number of hydroxylamine groups is 1. The van der Waals surface area contributed by atoms with Crippen molar-refractivity contribution in [2.24, 2.45) is 0 Å². The first kappa shape index (κ1) is 21.5. The Morgan fingerprint density at radius 2 is 1.47 bits per heavy atom. The van der Waals surface area contributed by atoms with Crippen molar-refractivity contribution in [2.75, 3.05) is 6.54 Å². The summed E-state index contributed by atoms with van der Waals surface area (Å²) in [6.45, 7) is 6.30. The van der Waals surface area contributed by atoms with Gasteiger partial charge in [-0.3, -0.25) is 0 Å². The van der Waals surface area contributed by atoms with Crippen LogP contribution in [0.25, 0.3) is 0 Å². The fraction of sp³-hybridized carbons (Fsp3) is 0.800. The molecule has 108 valence electrons. The molecule has 4 heteroatoms. The summed E-state index contributed by atoms with van der Waals surface area (Å²) in [5, 5.41) is 0. The molecule has 0 radical (unpaired) electrons. The van der Waals surface area contributed by atoms with Crippen LogP contribution in [0.3, 0.4) is 0 Å². The van der Waals surface area contributed by atoms with Crippen molar-refractivity contribution in [3.8, 4) is 0 Å². The summed E-state index contributed by atoms with van der Waals surface area (Å²) in [5.41, 5.74) is 2.64. The quantitative estimate of drug-likeness (QED) is 0.243. The van der Waals surface area contributed by atoms with Crippen LogP contribution >= 0.6 is 0 Å². The average molecular weight is 279 g/mol. The predicted octanol–water partition coefficient (Wildman–Crippen LogP) is 3.49. The normalized spacial score (nSPS) is 9.74. The molecule has 0 aromatic rings. The van der Waals surface area contributed by atoms with E-state index in [2.05, 4.69) is 23.8 Å². The van der Waals surface area contributed by atoms with Gasteiger partial charge < -0.3 is 4.84 Å². The van der Waals surface area contributed by atoms with Crippen LogP contribution < -0.4 is 5.48 Å². The Hall–Kier alpha value is 0.170.